The monoisotopic (exact) mass is 233 g/mol. The van der Waals surface area contributed by atoms with Crippen molar-refractivity contribution >= 4 is 28.5 Å². The summed E-state index contributed by atoms with van der Waals surface area (Å²) in [6.45, 7) is 0. The highest BCUT2D eigenvalue weighted by atomic mass is 16.4. The number of rotatable bonds is 1. The van der Waals surface area contributed by atoms with E-state index in [0.717, 1.165) is 0 Å². The van der Waals surface area contributed by atoms with Crippen LogP contribution in [0.5, 0.6) is 0 Å². The van der Waals surface area contributed by atoms with E-state index in [1.807, 2.05) is 0 Å². The van der Waals surface area contributed by atoms with Crippen molar-refractivity contribution in [2.75, 3.05) is 5.32 Å². The molecule has 0 aliphatic heterocycles. The molecular formula is C11H7NO5. The molecule has 0 fully saturated rings. The van der Waals surface area contributed by atoms with E-state index in [4.69, 9.17) is 9.52 Å². The van der Waals surface area contributed by atoms with Gasteiger partial charge in [0.25, 0.3) is 0 Å². The van der Waals surface area contributed by atoms with Gasteiger partial charge in [-0.1, -0.05) is 6.07 Å². The van der Waals surface area contributed by atoms with Gasteiger partial charge in [-0.3, -0.25) is 4.79 Å². The van der Waals surface area contributed by atoms with Gasteiger partial charge in [0.05, 0.1) is 5.69 Å². The van der Waals surface area contributed by atoms with Crippen LogP contribution >= 0.6 is 0 Å². The summed E-state index contributed by atoms with van der Waals surface area (Å²) in [4.78, 5) is 32.4. The molecular weight excluding hydrogens is 226 g/mol. The molecule has 0 aliphatic rings. The number of hydrogen-bond donors (Lipinski definition) is 2. The molecule has 0 saturated heterocycles. The molecule has 6 nitrogen and oxygen atoms in total. The molecule has 1 heterocycles. The summed E-state index contributed by atoms with van der Waals surface area (Å²) in [6.07, 6.45) is 0. The maximum atomic E-state index is 11.0. The summed E-state index contributed by atoms with van der Waals surface area (Å²) in [6, 6.07) is 7.26. The Morgan fingerprint density at radius 3 is 2.65 bits per heavy atom. The third kappa shape index (κ3) is 2.15. The van der Waals surface area contributed by atoms with E-state index < -0.39 is 17.5 Å². The predicted octanol–water partition coefficient (Wildman–Crippen LogP) is 0.816. The topological polar surface area (TPSA) is 96.6 Å². The van der Waals surface area contributed by atoms with Gasteiger partial charge in [-0.05, 0) is 18.2 Å². The van der Waals surface area contributed by atoms with Crippen molar-refractivity contribution in [1.82, 2.24) is 0 Å². The summed E-state index contributed by atoms with van der Waals surface area (Å²) in [7, 11) is 0. The van der Waals surface area contributed by atoms with Crippen LogP contribution in [0, 0.1) is 0 Å². The lowest BCUT2D eigenvalue weighted by molar-refractivity contribution is -0.147. The number of fused-ring (bicyclic) bond motifs is 1. The minimum absolute atomic E-state index is 0.277. The number of hydrogen-bond acceptors (Lipinski definition) is 4. The lowest BCUT2D eigenvalue weighted by Gasteiger charge is -2.04. The van der Waals surface area contributed by atoms with E-state index in [1.165, 1.54) is 18.2 Å². The van der Waals surface area contributed by atoms with E-state index in [0.29, 0.717) is 5.39 Å². The van der Waals surface area contributed by atoms with E-state index in [-0.39, 0.29) is 11.3 Å². The average Bonchev–Trinajstić information content (AvgIpc) is 2.28. The van der Waals surface area contributed by atoms with Crippen LogP contribution in [0.4, 0.5) is 5.69 Å². The van der Waals surface area contributed by atoms with Gasteiger partial charge in [0, 0.05) is 11.5 Å². The Morgan fingerprint density at radius 1 is 1.18 bits per heavy atom. The van der Waals surface area contributed by atoms with Gasteiger partial charge < -0.3 is 14.8 Å². The first-order valence-corrected chi connectivity index (χ1v) is 4.65. The number of benzene rings is 1. The second kappa shape index (κ2) is 4.09. The molecule has 0 saturated carbocycles. The molecule has 0 atom stereocenters. The molecule has 0 radical (unpaired) electrons. The maximum absolute atomic E-state index is 11.0. The number of nitrogens with one attached hydrogen (secondary N) is 1. The van der Waals surface area contributed by atoms with Crippen molar-refractivity contribution in [1.29, 1.82) is 0 Å². The second-order valence-corrected chi connectivity index (χ2v) is 3.23. The first-order chi connectivity index (χ1) is 8.08. The third-order valence-corrected chi connectivity index (χ3v) is 2.11. The van der Waals surface area contributed by atoms with Crippen LogP contribution in [0.15, 0.2) is 39.5 Å². The lowest BCUT2D eigenvalue weighted by atomic mass is 10.2. The summed E-state index contributed by atoms with van der Waals surface area (Å²) in [5.74, 6) is -2.73. The summed E-state index contributed by atoms with van der Waals surface area (Å²) in [5, 5.41) is 11.1. The SMILES string of the molecule is O=C(O)C(=O)Nc1cccc2oc(=O)ccc12. The molecule has 0 spiro atoms. The predicted molar refractivity (Wildman–Crippen MR) is 58.7 cm³/mol. The number of amides is 1. The first-order valence-electron chi connectivity index (χ1n) is 4.65. The minimum atomic E-state index is -1.58. The zero-order chi connectivity index (χ0) is 12.4. The molecule has 0 aliphatic carbocycles. The highest BCUT2D eigenvalue weighted by molar-refractivity contribution is 6.37. The summed E-state index contributed by atoms with van der Waals surface area (Å²) < 4.78 is 4.89. The van der Waals surface area contributed by atoms with Gasteiger partial charge in [-0.25, -0.2) is 9.59 Å². The van der Waals surface area contributed by atoms with Crippen LogP contribution in [0.3, 0.4) is 0 Å². The van der Waals surface area contributed by atoms with Crippen molar-refractivity contribution in [3.8, 4) is 0 Å². The molecule has 86 valence electrons. The number of carbonyl (C=O) groups excluding carboxylic acids is 1. The van der Waals surface area contributed by atoms with E-state index >= 15 is 0 Å². The fourth-order valence-electron chi connectivity index (χ4n) is 1.38. The van der Waals surface area contributed by atoms with Crippen LogP contribution in [-0.2, 0) is 9.59 Å². The Kier molecular flexibility index (Phi) is 2.61. The van der Waals surface area contributed by atoms with Gasteiger partial charge in [0.2, 0.25) is 0 Å². The van der Waals surface area contributed by atoms with E-state index in [9.17, 15) is 14.4 Å². The van der Waals surface area contributed by atoms with Gasteiger partial charge >= 0.3 is 17.5 Å². The van der Waals surface area contributed by atoms with Gasteiger partial charge in [0.15, 0.2) is 0 Å². The standard InChI is InChI=1S/C11H7NO5/c13-9-5-4-6-7(12-10(14)11(15)16)2-1-3-8(6)17-9/h1-5H,(H,12,14)(H,15,16). The van der Waals surface area contributed by atoms with Crippen LogP contribution in [-0.4, -0.2) is 17.0 Å². The summed E-state index contributed by atoms with van der Waals surface area (Å²) in [5.41, 5.74) is 0.0403. The van der Waals surface area contributed by atoms with Crippen molar-refractivity contribution in [2.45, 2.75) is 0 Å². The van der Waals surface area contributed by atoms with Crippen molar-refractivity contribution < 1.29 is 19.1 Å². The zero-order valence-electron chi connectivity index (χ0n) is 8.47. The number of carboxylic acid groups (broad SMARTS) is 1. The van der Waals surface area contributed by atoms with E-state index in [1.54, 1.807) is 12.1 Å². The second-order valence-electron chi connectivity index (χ2n) is 3.23. The molecule has 17 heavy (non-hydrogen) atoms. The lowest BCUT2D eigenvalue weighted by Crippen LogP contribution is -2.21. The van der Waals surface area contributed by atoms with Gasteiger partial charge in [-0.15, -0.1) is 0 Å². The molecule has 1 aromatic carbocycles. The Hall–Kier alpha value is -2.63. The van der Waals surface area contributed by atoms with Crippen molar-refractivity contribution in [3.63, 3.8) is 0 Å². The minimum Gasteiger partial charge on any atom is -0.474 e. The molecule has 2 aromatic rings. The Morgan fingerprint density at radius 2 is 1.94 bits per heavy atom. The van der Waals surface area contributed by atoms with E-state index in [2.05, 4.69) is 5.32 Å². The smallest absolute Gasteiger partial charge is 0.394 e. The number of aliphatic carboxylic acids is 1. The Balaban J connectivity index is 2.51. The number of anilines is 1. The normalized spacial score (nSPS) is 10.1. The Labute approximate surface area is 94.5 Å². The van der Waals surface area contributed by atoms with Crippen molar-refractivity contribution in [2.24, 2.45) is 0 Å². The first kappa shape index (κ1) is 10.9. The van der Waals surface area contributed by atoms with Gasteiger partial charge in [0.1, 0.15) is 5.58 Å². The molecule has 2 N–H and O–H groups in total. The Bertz CT molecular complexity index is 658. The highest BCUT2D eigenvalue weighted by Gasteiger charge is 2.13. The quantitative estimate of drug-likeness (QED) is 0.561. The van der Waals surface area contributed by atoms with Crippen molar-refractivity contribution in [3.05, 3.63) is 40.8 Å². The number of carbonyl (C=O) groups is 2. The third-order valence-electron chi connectivity index (χ3n) is 2.11. The largest absolute Gasteiger partial charge is 0.474 e. The maximum Gasteiger partial charge on any atom is 0.394 e. The highest BCUT2D eigenvalue weighted by Crippen LogP contribution is 2.21. The molecule has 2 rings (SSSR count). The average molecular weight is 233 g/mol. The fraction of sp³-hybridized carbons (Fsp3) is 0. The molecule has 0 bridgehead atoms. The van der Waals surface area contributed by atoms with Crippen LogP contribution in [0.1, 0.15) is 0 Å². The molecule has 1 amide bonds. The van der Waals surface area contributed by atoms with Gasteiger partial charge in [-0.2, -0.15) is 0 Å². The molecule has 1 aromatic heterocycles. The summed E-state index contributed by atoms with van der Waals surface area (Å²) >= 11 is 0. The molecule has 0 unspecified atom stereocenters. The number of carboxylic acids is 1. The molecule has 6 heteroatoms. The zero-order valence-corrected chi connectivity index (χ0v) is 8.47. The fourth-order valence-corrected chi connectivity index (χ4v) is 1.38. The van der Waals surface area contributed by atoms with Crippen LogP contribution < -0.4 is 10.9 Å². The van der Waals surface area contributed by atoms with Crippen LogP contribution in [0.2, 0.25) is 0 Å². The van der Waals surface area contributed by atoms with Crippen LogP contribution in [0.25, 0.3) is 11.0 Å².